The fourth-order valence-corrected chi connectivity index (χ4v) is 4.02. The monoisotopic (exact) mass is 389 g/mol. The average molecular weight is 389 g/mol. The van der Waals surface area contributed by atoms with Crippen LogP contribution >= 0.6 is 0 Å². The molecule has 2 aliphatic rings. The number of hydrogen-bond donors (Lipinski definition) is 1. The maximum absolute atomic E-state index is 12.3. The summed E-state index contributed by atoms with van der Waals surface area (Å²) in [6.45, 7) is 10.5. The van der Waals surface area contributed by atoms with Crippen LogP contribution in [0.1, 0.15) is 40.5 Å². The number of nitrogens with one attached hydrogen (secondary N) is 1. The van der Waals surface area contributed by atoms with Gasteiger partial charge in [0.25, 0.3) is 0 Å². The number of benzene rings is 1. The summed E-state index contributed by atoms with van der Waals surface area (Å²) in [4.78, 5) is 27.8. The number of nitrogens with zero attached hydrogens (tertiary/aromatic N) is 2. The molecular weight excluding hydrogens is 358 g/mol. The molecule has 7 nitrogen and oxygen atoms in total. The fraction of sp³-hybridized carbons (Fsp3) is 0.619. The van der Waals surface area contributed by atoms with Crippen molar-refractivity contribution in [3.05, 3.63) is 18.2 Å². The van der Waals surface area contributed by atoms with Crippen LogP contribution in [0.25, 0.3) is 0 Å². The highest BCUT2D eigenvalue weighted by Crippen LogP contribution is 2.46. The van der Waals surface area contributed by atoms with Gasteiger partial charge in [-0.05, 0) is 45.7 Å². The summed E-state index contributed by atoms with van der Waals surface area (Å²) in [5, 5.41) is 2.83. The first-order valence-electron chi connectivity index (χ1n) is 9.80. The number of ether oxygens (including phenoxy) is 2. The minimum Gasteiger partial charge on any atom is -0.492 e. The van der Waals surface area contributed by atoms with Crippen molar-refractivity contribution in [2.24, 2.45) is 5.41 Å². The van der Waals surface area contributed by atoms with Crippen LogP contribution in [0.15, 0.2) is 18.2 Å². The van der Waals surface area contributed by atoms with E-state index in [2.05, 4.69) is 10.2 Å². The summed E-state index contributed by atoms with van der Waals surface area (Å²) >= 11 is 0. The molecule has 3 rings (SSSR count). The molecule has 1 N–H and O–H groups in total. The average Bonchev–Trinajstić information content (AvgIpc) is 2.57. The Bertz CT molecular complexity index is 741. The molecule has 154 valence electrons. The van der Waals surface area contributed by atoms with E-state index in [1.807, 2.05) is 43.9 Å². The Morgan fingerprint density at radius 3 is 2.32 bits per heavy atom. The van der Waals surface area contributed by atoms with Gasteiger partial charge in [-0.3, -0.25) is 4.79 Å². The first kappa shape index (κ1) is 20.3. The van der Waals surface area contributed by atoms with Crippen molar-refractivity contribution in [3.63, 3.8) is 0 Å². The number of carbonyl (C=O) groups is 2. The van der Waals surface area contributed by atoms with Crippen LogP contribution in [-0.2, 0) is 9.53 Å². The third-order valence-electron chi connectivity index (χ3n) is 5.38. The van der Waals surface area contributed by atoms with Crippen LogP contribution in [0.4, 0.5) is 16.2 Å². The second-order valence-corrected chi connectivity index (χ2v) is 8.86. The summed E-state index contributed by atoms with van der Waals surface area (Å²) < 4.78 is 11.1. The Morgan fingerprint density at radius 1 is 1.14 bits per heavy atom. The Morgan fingerprint density at radius 2 is 1.79 bits per heavy atom. The molecule has 0 atom stereocenters. The van der Waals surface area contributed by atoms with Gasteiger partial charge in [-0.1, -0.05) is 6.07 Å². The van der Waals surface area contributed by atoms with Gasteiger partial charge in [-0.15, -0.1) is 0 Å². The highest BCUT2D eigenvalue weighted by atomic mass is 16.6. The molecule has 0 unspecified atom stereocenters. The molecule has 2 saturated heterocycles. The van der Waals surface area contributed by atoms with Gasteiger partial charge in [0.15, 0.2) is 5.75 Å². The molecule has 0 saturated carbocycles. The van der Waals surface area contributed by atoms with Gasteiger partial charge < -0.3 is 24.6 Å². The van der Waals surface area contributed by atoms with Gasteiger partial charge in [0.1, 0.15) is 5.60 Å². The molecule has 1 spiro atoms. The summed E-state index contributed by atoms with van der Waals surface area (Å²) in [5.74, 6) is 0.573. The minimum atomic E-state index is -0.463. The topological polar surface area (TPSA) is 71.1 Å². The largest absolute Gasteiger partial charge is 0.492 e. The number of anilines is 2. The third kappa shape index (κ3) is 4.34. The molecule has 0 bridgehead atoms. The van der Waals surface area contributed by atoms with E-state index in [0.29, 0.717) is 11.4 Å². The van der Waals surface area contributed by atoms with Crippen LogP contribution in [0.3, 0.4) is 0 Å². The van der Waals surface area contributed by atoms with E-state index < -0.39 is 5.60 Å². The van der Waals surface area contributed by atoms with Crippen molar-refractivity contribution in [3.8, 4) is 5.75 Å². The predicted molar refractivity (Wildman–Crippen MR) is 109 cm³/mol. The normalized spacial score (nSPS) is 18.5. The van der Waals surface area contributed by atoms with Crippen molar-refractivity contribution >= 4 is 23.4 Å². The van der Waals surface area contributed by atoms with E-state index in [1.54, 1.807) is 7.11 Å². The number of carbonyl (C=O) groups excluding carboxylic acids is 2. The number of rotatable bonds is 3. The predicted octanol–water partition coefficient (Wildman–Crippen LogP) is 3.49. The molecule has 2 fully saturated rings. The first-order chi connectivity index (χ1) is 13.1. The number of methoxy groups -OCH3 is 1. The first-order valence-corrected chi connectivity index (χ1v) is 9.80. The minimum absolute atomic E-state index is 0.120. The van der Waals surface area contributed by atoms with Crippen LogP contribution < -0.4 is 15.0 Å². The molecule has 2 heterocycles. The number of hydrogen-bond acceptors (Lipinski definition) is 5. The molecule has 0 radical (unpaired) electrons. The van der Waals surface area contributed by atoms with Gasteiger partial charge in [0.2, 0.25) is 5.91 Å². The van der Waals surface area contributed by atoms with Crippen molar-refractivity contribution in [1.29, 1.82) is 0 Å². The van der Waals surface area contributed by atoms with Crippen molar-refractivity contribution in [2.75, 3.05) is 43.5 Å². The molecule has 28 heavy (non-hydrogen) atoms. The maximum atomic E-state index is 12.3. The molecule has 0 aliphatic carbocycles. The lowest BCUT2D eigenvalue weighted by molar-refractivity contribution is -0.114. The summed E-state index contributed by atoms with van der Waals surface area (Å²) in [7, 11) is 1.62. The lowest BCUT2D eigenvalue weighted by Gasteiger charge is -2.55. The molecular formula is C21H31N3O4. The summed E-state index contributed by atoms with van der Waals surface area (Å²) in [6.07, 6.45) is 1.72. The van der Waals surface area contributed by atoms with Crippen LogP contribution in [0.2, 0.25) is 0 Å². The number of piperidine rings is 1. The van der Waals surface area contributed by atoms with Crippen molar-refractivity contribution < 1.29 is 19.1 Å². The van der Waals surface area contributed by atoms with Crippen LogP contribution in [0.5, 0.6) is 5.75 Å². The van der Waals surface area contributed by atoms with Gasteiger partial charge in [0.05, 0.1) is 18.5 Å². The fourth-order valence-electron chi connectivity index (χ4n) is 4.02. The highest BCUT2D eigenvalue weighted by molar-refractivity contribution is 5.92. The van der Waals surface area contributed by atoms with E-state index in [4.69, 9.17) is 9.47 Å². The number of para-hydroxylation sites is 1. The molecule has 1 aromatic carbocycles. The Labute approximate surface area is 167 Å². The van der Waals surface area contributed by atoms with Gasteiger partial charge in [0, 0.05) is 38.5 Å². The van der Waals surface area contributed by atoms with Gasteiger partial charge in [-0.2, -0.15) is 0 Å². The van der Waals surface area contributed by atoms with E-state index in [0.717, 1.165) is 44.7 Å². The second-order valence-electron chi connectivity index (χ2n) is 8.86. The number of likely N-dealkylation sites (tertiary alicyclic amines) is 1. The summed E-state index contributed by atoms with van der Waals surface area (Å²) in [6, 6.07) is 5.80. The zero-order chi connectivity index (χ0) is 20.5. The quantitative estimate of drug-likeness (QED) is 0.857. The molecule has 2 amide bonds. The smallest absolute Gasteiger partial charge is 0.410 e. The summed E-state index contributed by atoms with van der Waals surface area (Å²) in [5.41, 5.74) is 1.45. The van der Waals surface area contributed by atoms with E-state index in [-0.39, 0.29) is 17.4 Å². The van der Waals surface area contributed by atoms with Crippen LogP contribution in [0, 0.1) is 5.41 Å². The lowest BCUT2D eigenvalue weighted by Crippen LogP contribution is -2.61. The van der Waals surface area contributed by atoms with Crippen molar-refractivity contribution in [1.82, 2.24) is 4.90 Å². The van der Waals surface area contributed by atoms with Gasteiger partial charge >= 0.3 is 6.09 Å². The Balaban J connectivity index is 1.61. The van der Waals surface area contributed by atoms with E-state index >= 15 is 0 Å². The second kappa shape index (κ2) is 7.53. The van der Waals surface area contributed by atoms with E-state index in [9.17, 15) is 9.59 Å². The lowest BCUT2D eigenvalue weighted by atomic mass is 9.72. The molecule has 1 aromatic rings. The maximum Gasteiger partial charge on any atom is 0.410 e. The van der Waals surface area contributed by atoms with Crippen molar-refractivity contribution in [2.45, 2.75) is 46.1 Å². The van der Waals surface area contributed by atoms with Gasteiger partial charge in [-0.25, -0.2) is 4.79 Å². The Kier molecular flexibility index (Phi) is 5.46. The zero-order valence-electron chi connectivity index (χ0n) is 17.5. The molecule has 0 aromatic heterocycles. The SMILES string of the molecule is COc1c(NC(C)=O)cccc1N1CC2(CCN(C(=O)OC(C)(C)C)CC2)C1. The molecule has 2 aliphatic heterocycles. The third-order valence-corrected chi connectivity index (χ3v) is 5.38. The van der Waals surface area contributed by atoms with Crippen LogP contribution in [-0.4, -0.2) is 55.8 Å². The molecule has 7 heteroatoms. The Hall–Kier alpha value is -2.44. The standard InChI is InChI=1S/C21H31N3O4/c1-15(25)22-16-7-6-8-17(18(16)27-5)24-13-21(14-24)9-11-23(12-10-21)19(26)28-20(2,3)4/h6-8H,9-14H2,1-5H3,(H,22,25). The zero-order valence-corrected chi connectivity index (χ0v) is 17.5. The number of amides is 2. The van der Waals surface area contributed by atoms with E-state index in [1.165, 1.54) is 6.92 Å². The highest BCUT2D eigenvalue weighted by Gasteiger charge is 2.46.